The fraction of sp³-hybridized carbons (Fsp3) is 0.375. The van der Waals surface area contributed by atoms with Gasteiger partial charge in [-0.05, 0) is 76.6 Å². The number of carboxylic acid groups (broad SMARTS) is 1. The van der Waals surface area contributed by atoms with E-state index in [1.165, 1.54) is 7.11 Å². The van der Waals surface area contributed by atoms with E-state index in [0.717, 1.165) is 61.9 Å². The number of rotatable bonds is 11. The first-order chi connectivity index (χ1) is 30.9. The van der Waals surface area contributed by atoms with Crippen LogP contribution in [0.5, 0.6) is 5.75 Å². The van der Waals surface area contributed by atoms with Crippen LogP contribution in [-0.4, -0.2) is 98.8 Å². The Labute approximate surface area is 369 Å². The molecule has 2 saturated heterocycles. The van der Waals surface area contributed by atoms with Crippen LogP contribution in [0.3, 0.4) is 0 Å². The SMILES string of the molecule is COC[C@H]1C[C@@H](c2ncc(-c3ccc4c(c3)COc3cc5c(ccc6[nH]c([C@@H]7C[C@H](C)CN7C(=O)C(NC(=O)OC)C(C)C)nc65)cc3-4)[nH]2)N(C(=O)C(NC(=O)O)c2ccccc2)C1. The Morgan fingerprint density at radius 2 is 1.67 bits per heavy atom. The molecule has 5 heterocycles. The average Bonchev–Trinajstić information content (AvgIpc) is 4.12. The minimum Gasteiger partial charge on any atom is -0.488 e. The number of aromatic nitrogens is 4. The van der Waals surface area contributed by atoms with Crippen LogP contribution in [0.25, 0.3) is 44.2 Å². The number of carbonyl (C=O) groups is 4. The number of carbonyl (C=O) groups excluding carboxylic acids is 3. The van der Waals surface area contributed by atoms with Crippen LogP contribution in [0.4, 0.5) is 9.59 Å². The molecule has 3 aliphatic rings. The first-order valence-electron chi connectivity index (χ1n) is 21.7. The number of H-pyrrole nitrogens is 2. The summed E-state index contributed by atoms with van der Waals surface area (Å²) in [5.41, 5.74) is 6.92. The Balaban J connectivity index is 0.975. The summed E-state index contributed by atoms with van der Waals surface area (Å²) in [6.45, 7) is 7.66. The average molecular weight is 869 g/mol. The van der Waals surface area contributed by atoms with Crippen molar-refractivity contribution in [3.05, 3.63) is 102 Å². The number of likely N-dealkylation sites (tertiary alicyclic amines) is 2. The maximum atomic E-state index is 14.1. The summed E-state index contributed by atoms with van der Waals surface area (Å²) in [6, 6.07) is 20.8. The van der Waals surface area contributed by atoms with Gasteiger partial charge in [-0.15, -0.1) is 0 Å². The number of aromatic amines is 2. The minimum absolute atomic E-state index is 0.0370. The molecule has 332 valence electrons. The van der Waals surface area contributed by atoms with Crippen LogP contribution in [-0.2, 0) is 25.7 Å². The molecule has 0 bridgehead atoms. The van der Waals surface area contributed by atoms with E-state index in [-0.39, 0.29) is 35.6 Å². The van der Waals surface area contributed by atoms with Gasteiger partial charge in [0, 0.05) is 37.1 Å². The number of fused-ring (bicyclic) bond motifs is 6. The van der Waals surface area contributed by atoms with E-state index < -0.39 is 30.3 Å². The zero-order valence-electron chi connectivity index (χ0n) is 36.4. The molecule has 16 heteroatoms. The molecular formula is C48H52N8O8. The number of benzene rings is 4. The summed E-state index contributed by atoms with van der Waals surface area (Å²) in [6.07, 6.45) is 1.18. The molecule has 6 aromatic rings. The third-order valence-electron chi connectivity index (χ3n) is 12.8. The quantitative estimate of drug-likeness (QED) is 0.0868. The smallest absolute Gasteiger partial charge is 0.407 e. The van der Waals surface area contributed by atoms with Crippen molar-refractivity contribution in [2.45, 2.75) is 64.4 Å². The molecule has 16 nitrogen and oxygen atoms in total. The van der Waals surface area contributed by atoms with Crippen molar-refractivity contribution in [2.75, 3.05) is 33.9 Å². The van der Waals surface area contributed by atoms with E-state index in [1.54, 1.807) is 42.5 Å². The fourth-order valence-electron chi connectivity index (χ4n) is 9.72. The molecule has 9 rings (SSSR count). The predicted octanol–water partition coefficient (Wildman–Crippen LogP) is 7.50. The first-order valence-corrected chi connectivity index (χ1v) is 21.7. The largest absolute Gasteiger partial charge is 0.488 e. The number of alkyl carbamates (subject to hydrolysis) is 1. The molecule has 64 heavy (non-hydrogen) atoms. The first kappa shape index (κ1) is 42.4. The highest BCUT2D eigenvalue weighted by Crippen LogP contribution is 2.44. The number of nitrogens with zero attached hydrogens (tertiary/aromatic N) is 4. The molecular weight excluding hydrogens is 817 g/mol. The standard InChI is InChI=1S/C48H52N8O8/c1-25(2)40(54-48(61)63-5)45(57)55-21-26(3)15-37(55)44-50-35-14-12-29-18-34-32-13-11-30(17-31(32)24-64-39(34)19-33(29)42(35)52-44)36-20-49-43(51-36)38-16-27(23-62-4)22-56(38)46(58)41(53-47(59)60)28-9-7-6-8-10-28/h6-14,17-20,25-27,37-38,40-41,53H,15-16,21-24H2,1-5H3,(H,49,51)(H,50,52)(H,54,61)(H,59,60)/t26-,27-,37-,38-,40?,41?/m0/s1. The van der Waals surface area contributed by atoms with Crippen LogP contribution in [0.1, 0.15) is 74.5 Å². The Hall–Kier alpha value is -6.94. The zero-order valence-corrected chi connectivity index (χ0v) is 36.4. The van der Waals surface area contributed by atoms with Crippen molar-refractivity contribution in [1.29, 1.82) is 0 Å². The normalized spacial score (nSPS) is 20.2. The number of imidazole rings is 2. The second-order valence-corrected chi connectivity index (χ2v) is 17.6. The zero-order chi connectivity index (χ0) is 44.8. The van der Waals surface area contributed by atoms with Gasteiger partial charge >= 0.3 is 12.2 Å². The number of hydrogen-bond acceptors (Lipinski definition) is 9. The Bertz CT molecular complexity index is 2750. The molecule has 2 fully saturated rings. The van der Waals surface area contributed by atoms with E-state index in [9.17, 15) is 24.3 Å². The van der Waals surface area contributed by atoms with Crippen molar-refractivity contribution in [1.82, 2.24) is 40.4 Å². The molecule has 0 saturated carbocycles. The Kier molecular flexibility index (Phi) is 11.5. The van der Waals surface area contributed by atoms with Gasteiger partial charge in [-0.1, -0.05) is 69.3 Å². The maximum Gasteiger partial charge on any atom is 0.407 e. The van der Waals surface area contributed by atoms with Gasteiger partial charge in [0.1, 0.15) is 36.1 Å². The molecule has 0 aliphatic carbocycles. The predicted molar refractivity (Wildman–Crippen MR) is 238 cm³/mol. The van der Waals surface area contributed by atoms with Crippen molar-refractivity contribution < 1.29 is 38.5 Å². The van der Waals surface area contributed by atoms with Crippen LogP contribution < -0.4 is 15.4 Å². The van der Waals surface area contributed by atoms with Gasteiger partial charge in [0.25, 0.3) is 5.91 Å². The summed E-state index contributed by atoms with van der Waals surface area (Å²) >= 11 is 0. The highest BCUT2D eigenvalue weighted by atomic mass is 16.5. The van der Waals surface area contributed by atoms with Gasteiger partial charge in [-0.3, -0.25) is 9.59 Å². The van der Waals surface area contributed by atoms with Gasteiger partial charge < -0.3 is 49.7 Å². The number of amides is 4. The maximum absolute atomic E-state index is 14.1. The van der Waals surface area contributed by atoms with Crippen LogP contribution in [0.15, 0.2) is 79.0 Å². The number of ether oxygens (including phenoxy) is 3. The molecule has 2 aromatic heterocycles. The summed E-state index contributed by atoms with van der Waals surface area (Å²) in [7, 11) is 2.92. The second kappa shape index (κ2) is 17.3. The molecule has 0 spiro atoms. The second-order valence-electron chi connectivity index (χ2n) is 17.6. The molecule has 4 amide bonds. The monoisotopic (exact) mass is 868 g/mol. The van der Waals surface area contributed by atoms with Gasteiger partial charge in [-0.25, -0.2) is 19.6 Å². The third kappa shape index (κ3) is 7.97. The van der Waals surface area contributed by atoms with E-state index in [4.69, 9.17) is 24.2 Å². The number of nitrogens with one attached hydrogen (secondary N) is 4. The summed E-state index contributed by atoms with van der Waals surface area (Å²) < 4.78 is 16.7. The van der Waals surface area contributed by atoms with E-state index in [2.05, 4.69) is 51.8 Å². The Morgan fingerprint density at radius 3 is 2.42 bits per heavy atom. The van der Waals surface area contributed by atoms with Crippen molar-refractivity contribution in [2.24, 2.45) is 17.8 Å². The lowest BCUT2D eigenvalue weighted by Crippen LogP contribution is -2.51. The molecule has 0 radical (unpaired) electrons. The van der Waals surface area contributed by atoms with E-state index in [0.29, 0.717) is 49.9 Å². The van der Waals surface area contributed by atoms with Gasteiger partial charge in [0.2, 0.25) is 5.91 Å². The highest BCUT2D eigenvalue weighted by molar-refractivity contribution is 6.07. The topological polar surface area (TPSA) is 204 Å². The lowest BCUT2D eigenvalue weighted by atomic mass is 9.92. The third-order valence-corrected chi connectivity index (χ3v) is 12.8. The van der Waals surface area contributed by atoms with Crippen molar-refractivity contribution in [3.8, 4) is 28.1 Å². The molecule has 3 aliphatic heterocycles. The summed E-state index contributed by atoms with van der Waals surface area (Å²) in [5, 5.41) is 16.7. The van der Waals surface area contributed by atoms with Gasteiger partial charge in [-0.2, -0.15) is 0 Å². The number of methoxy groups -OCH3 is 2. The molecule has 5 N–H and O–H groups in total. The Morgan fingerprint density at radius 1 is 0.891 bits per heavy atom. The molecule has 6 atom stereocenters. The molecule has 2 unspecified atom stereocenters. The fourth-order valence-corrected chi connectivity index (χ4v) is 9.72. The lowest BCUT2D eigenvalue weighted by Gasteiger charge is -2.30. The lowest BCUT2D eigenvalue weighted by molar-refractivity contribution is -0.136. The van der Waals surface area contributed by atoms with E-state index >= 15 is 0 Å². The van der Waals surface area contributed by atoms with E-state index in [1.807, 2.05) is 43.0 Å². The molecule has 4 aromatic carbocycles. The van der Waals surface area contributed by atoms with Crippen molar-refractivity contribution >= 4 is 45.8 Å². The van der Waals surface area contributed by atoms with Crippen LogP contribution in [0.2, 0.25) is 0 Å². The van der Waals surface area contributed by atoms with Gasteiger partial charge in [0.05, 0.1) is 48.7 Å². The van der Waals surface area contributed by atoms with Gasteiger partial charge in [0.15, 0.2) is 0 Å². The minimum atomic E-state index is -1.28. The summed E-state index contributed by atoms with van der Waals surface area (Å²) in [4.78, 5) is 72.5. The number of hydrogen-bond donors (Lipinski definition) is 5. The highest BCUT2D eigenvalue weighted by Gasteiger charge is 2.42. The van der Waals surface area contributed by atoms with Crippen molar-refractivity contribution in [3.63, 3.8) is 0 Å². The summed E-state index contributed by atoms with van der Waals surface area (Å²) in [5.74, 6) is 1.68. The van der Waals surface area contributed by atoms with Crippen LogP contribution in [0, 0.1) is 17.8 Å². The van der Waals surface area contributed by atoms with Crippen LogP contribution >= 0.6 is 0 Å².